The minimum atomic E-state index is 0.338. The maximum absolute atomic E-state index is 4.79. The summed E-state index contributed by atoms with van der Waals surface area (Å²) in [5, 5.41) is 6.39. The molecule has 100 valence electrons. The molecule has 1 atom stereocenters. The van der Waals surface area contributed by atoms with Crippen LogP contribution in [0.2, 0.25) is 0 Å². The van der Waals surface area contributed by atoms with Crippen LogP contribution in [0.1, 0.15) is 29.3 Å². The van der Waals surface area contributed by atoms with Crippen LogP contribution in [-0.4, -0.2) is 17.0 Å². The highest BCUT2D eigenvalue weighted by molar-refractivity contribution is 7.16. The van der Waals surface area contributed by atoms with Crippen LogP contribution in [0, 0.1) is 0 Å². The van der Waals surface area contributed by atoms with E-state index >= 15 is 0 Å². The minimum Gasteiger partial charge on any atom is -0.372 e. The molecule has 0 aliphatic heterocycles. The van der Waals surface area contributed by atoms with Gasteiger partial charge >= 0.3 is 0 Å². The Labute approximate surface area is 121 Å². The molecule has 1 aromatic carbocycles. The molecule has 1 aliphatic rings. The summed E-state index contributed by atoms with van der Waals surface area (Å²) < 4.78 is 0. The highest BCUT2D eigenvalue weighted by Gasteiger charge is 2.26. The van der Waals surface area contributed by atoms with Crippen molar-refractivity contribution in [3.05, 3.63) is 52.7 Å². The predicted octanol–water partition coefficient (Wildman–Crippen LogP) is 3.81. The van der Waals surface area contributed by atoms with Gasteiger partial charge in [0, 0.05) is 13.0 Å². The summed E-state index contributed by atoms with van der Waals surface area (Å²) in [6.07, 6.45) is 2.24. The Morgan fingerprint density at radius 3 is 3.00 bits per heavy atom. The third-order valence-electron chi connectivity index (χ3n) is 4.02. The zero-order chi connectivity index (χ0) is 13.5. The number of rotatable bonds is 2. The Hall–Kier alpha value is -1.94. The average Bonchev–Trinajstić information content (AvgIpc) is 3.12. The molecule has 2 aromatic heterocycles. The quantitative estimate of drug-likeness (QED) is 0.776. The van der Waals surface area contributed by atoms with Crippen LogP contribution in [0.4, 0.5) is 5.82 Å². The molecule has 4 rings (SSSR count). The number of anilines is 1. The van der Waals surface area contributed by atoms with E-state index in [1.165, 1.54) is 11.1 Å². The molecule has 3 aromatic rings. The van der Waals surface area contributed by atoms with E-state index in [9.17, 15) is 0 Å². The van der Waals surface area contributed by atoms with Crippen molar-refractivity contribution in [3.63, 3.8) is 0 Å². The second kappa shape index (κ2) is 4.56. The Balaban J connectivity index is 1.87. The van der Waals surface area contributed by atoms with Gasteiger partial charge in [0.15, 0.2) is 0 Å². The van der Waals surface area contributed by atoms with Gasteiger partial charge in [-0.25, -0.2) is 9.97 Å². The van der Waals surface area contributed by atoms with Gasteiger partial charge in [-0.3, -0.25) is 0 Å². The van der Waals surface area contributed by atoms with Crippen molar-refractivity contribution in [1.29, 1.82) is 0 Å². The Kier molecular flexibility index (Phi) is 2.70. The molecule has 3 nitrogen and oxygen atoms in total. The van der Waals surface area contributed by atoms with Crippen LogP contribution in [-0.2, 0) is 6.42 Å². The number of thiophene rings is 1. The summed E-state index contributed by atoms with van der Waals surface area (Å²) >= 11 is 1.68. The SMILES string of the molecule is CNc1nc(C2CCc3ccccc32)nc2sccc12. The number of aryl methyl sites for hydroxylation is 1. The number of aromatic nitrogens is 2. The summed E-state index contributed by atoms with van der Waals surface area (Å²) in [4.78, 5) is 10.6. The van der Waals surface area contributed by atoms with Crippen LogP contribution in [0.25, 0.3) is 10.2 Å². The fraction of sp³-hybridized carbons (Fsp3) is 0.250. The van der Waals surface area contributed by atoms with Crippen molar-refractivity contribution in [1.82, 2.24) is 9.97 Å². The van der Waals surface area contributed by atoms with E-state index in [2.05, 4.69) is 41.0 Å². The second-order valence-corrected chi connectivity index (χ2v) is 6.00. The number of hydrogen-bond acceptors (Lipinski definition) is 4. The van der Waals surface area contributed by atoms with Crippen molar-refractivity contribution < 1.29 is 0 Å². The first-order chi connectivity index (χ1) is 9.86. The van der Waals surface area contributed by atoms with Crippen LogP contribution >= 0.6 is 11.3 Å². The van der Waals surface area contributed by atoms with E-state index in [-0.39, 0.29) is 0 Å². The molecule has 0 bridgehead atoms. The highest BCUT2D eigenvalue weighted by atomic mass is 32.1. The van der Waals surface area contributed by atoms with Gasteiger partial charge in [0.25, 0.3) is 0 Å². The van der Waals surface area contributed by atoms with Gasteiger partial charge in [0.2, 0.25) is 0 Å². The van der Waals surface area contributed by atoms with Crippen molar-refractivity contribution in [2.45, 2.75) is 18.8 Å². The number of benzene rings is 1. The number of hydrogen-bond donors (Lipinski definition) is 1. The summed E-state index contributed by atoms with van der Waals surface area (Å²) in [6, 6.07) is 10.7. The Morgan fingerprint density at radius 1 is 1.20 bits per heavy atom. The number of fused-ring (bicyclic) bond motifs is 2. The molecule has 0 fully saturated rings. The van der Waals surface area contributed by atoms with E-state index in [1.54, 1.807) is 11.3 Å². The fourth-order valence-electron chi connectivity index (χ4n) is 3.04. The first-order valence-electron chi connectivity index (χ1n) is 6.87. The van der Waals surface area contributed by atoms with Gasteiger partial charge < -0.3 is 5.32 Å². The zero-order valence-corrected chi connectivity index (χ0v) is 12.1. The summed E-state index contributed by atoms with van der Waals surface area (Å²) in [7, 11) is 1.92. The predicted molar refractivity (Wildman–Crippen MR) is 83.6 cm³/mol. The largest absolute Gasteiger partial charge is 0.372 e. The van der Waals surface area contributed by atoms with Gasteiger partial charge in [-0.2, -0.15) is 0 Å². The zero-order valence-electron chi connectivity index (χ0n) is 11.3. The Bertz CT molecular complexity index is 778. The lowest BCUT2D eigenvalue weighted by Gasteiger charge is -2.12. The molecule has 20 heavy (non-hydrogen) atoms. The minimum absolute atomic E-state index is 0.338. The molecule has 0 spiro atoms. The second-order valence-electron chi connectivity index (χ2n) is 5.11. The Morgan fingerprint density at radius 2 is 2.10 bits per heavy atom. The summed E-state index contributed by atoms with van der Waals surface area (Å²) in [5.74, 6) is 2.23. The smallest absolute Gasteiger partial charge is 0.139 e. The summed E-state index contributed by atoms with van der Waals surface area (Å²) in [6.45, 7) is 0. The van der Waals surface area contributed by atoms with Gasteiger partial charge in [-0.05, 0) is 35.4 Å². The third kappa shape index (κ3) is 1.72. The maximum atomic E-state index is 4.79. The van der Waals surface area contributed by atoms with E-state index in [0.29, 0.717) is 5.92 Å². The maximum Gasteiger partial charge on any atom is 0.139 e. The first-order valence-corrected chi connectivity index (χ1v) is 7.75. The van der Waals surface area contributed by atoms with Gasteiger partial charge in [-0.1, -0.05) is 24.3 Å². The molecule has 0 radical (unpaired) electrons. The normalized spacial score (nSPS) is 17.4. The van der Waals surface area contributed by atoms with Crippen molar-refractivity contribution in [2.75, 3.05) is 12.4 Å². The van der Waals surface area contributed by atoms with E-state index in [0.717, 1.165) is 34.7 Å². The number of nitrogens with zero attached hydrogens (tertiary/aromatic N) is 2. The summed E-state index contributed by atoms with van der Waals surface area (Å²) in [5.41, 5.74) is 2.84. The van der Waals surface area contributed by atoms with Crippen LogP contribution < -0.4 is 5.32 Å². The lowest BCUT2D eigenvalue weighted by atomic mass is 10.0. The van der Waals surface area contributed by atoms with Crippen LogP contribution in [0.3, 0.4) is 0 Å². The van der Waals surface area contributed by atoms with Gasteiger partial charge in [0.1, 0.15) is 16.5 Å². The number of nitrogens with one attached hydrogen (secondary N) is 1. The van der Waals surface area contributed by atoms with E-state index in [1.807, 2.05) is 7.05 Å². The van der Waals surface area contributed by atoms with E-state index in [4.69, 9.17) is 9.97 Å². The standard InChI is InChI=1S/C16H15N3S/c1-17-14-13-8-9-20-16(13)19-15(18-14)12-7-6-10-4-2-3-5-11(10)12/h2-5,8-9,12H,6-7H2,1H3,(H,17,18,19). The molecule has 0 saturated heterocycles. The molecule has 4 heteroatoms. The molecule has 0 amide bonds. The van der Waals surface area contributed by atoms with E-state index < -0.39 is 0 Å². The third-order valence-corrected chi connectivity index (χ3v) is 4.83. The van der Waals surface area contributed by atoms with Crippen molar-refractivity contribution in [2.24, 2.45) is 0 Å². The van der Waals surface area contributed by atoms with Crippen molar-refractivity contribution >= 4 is 27.4 Å². The van der Waals surface area contributed by atoms with Crippen molar-refractivity contribution in [3.8, 4) is 0 Å². The molecule has 2 heterocycles. The molecule has 1 N–H and O–H groups in total. The lowest BCUT2D eigenvalue weighted by Crippen LogP contribution is -2.05. The molecule has 1 unspecified atom stereocenters. The molecule has 1 aliphatic carbocycles. The van der Waals surface area contributed by atoms with Crippen LogP contribution in [0.15, 0.2) is 35.7 Å². The molecule has 0 saturated carbocycles. The fourth-order valence-corrected chi connectivity index (χ4v) is 3.81. The lowest BCUT2D eigenvalue weighted by molar-refractivity contribution is 0.736. The highest BCUT2D eigenvalue weighted by Crippen LogP contribution is 2.38. The monoisotopic (exact) mass is 281 g/mol. The topological polar surface area (TPSA) is 37.8 Å². The van der Waals surface area contributed by atoms with Gasteiger partial charge in [-0.15, -0.1) is 11.3 Å². The van der Waals surface area contributed by atoms with Gasteiger partial charge in [0.05, 0.1) is 5.39 Å². The average molecular weight is 281 g/mol. The molecular weight excluding hydrogens is 266 g/mol. The van der Waals surface area contributed by atoms with Crippen LogP contribution in [0.5, 0.6) is 0 Å². The first kappa shape index (κ1) is 11.9. The molecular formula is C16H15N3S.